The smallest absolute Gasteiger partial charge is 0.269 e. The number of amides is 1. The highest BCUT2D eigenvalue weighted by molar-refractivity contribution is 5.81. The second-order valence-corrected chi connectivity index (χ2v) is 5.67. The normalized spacial score (nSPS) is 13.5. The van der Waals surface area contributed by atoms with Crippen LogP contribution in [0.4, 0.5) is 5.69 Å². The Bertz CT molecular complexity index is 700. The molecule has 0 saturated carbocycles. The lowest BCUT2D eigenvalue weighted by atomic mass is 10.0. The van der Waals surface area contributed by atoms with Crippen molar-refractivity contribution in [1.29, 1.82) is 0 Å². The first-order chi connectivity index (χ1) is 11.4. The molecule has 1 aromatic carbocycles. The van der Waals surface area contributed by atoms with Gasteiger partial charge in [0, 0.05) is 18.2 Å². The third kappa shape index (κ3) is 4.20. The van der Waals surface area contributed by atoms with Crippen LogP contribution < -0.4 is 5.32 Å². The molecule has 0 radical (unpaired) electrons. The van der Waals surface area contributed by atoms with E-state index in [9.17, 15) is 14.9 Å². The quantitative estimate of drug-likeness (QED) is 0.622. The molecule has 1 aromatic heterocycles. The molecule has 0 fully saturated rings. The van der Waals surface area contributed by atoms with Crippen molar-refractivity contribution in [3.05, 3.63) is 64.1 Å². The van der Waals surface area contributed by atoms with E-state index < -0.39 is 11.0 Å². The van der Waals surface area contributed by atoms with Crippen molar-refractivity contribution in [2.75, 3.05) is 7.05 Å². The fourth-order valence-corrected chi connectivity index (χ4v) is 2.39. The summed E-state index contributed by atoms with van der Waals surface area (Å²) in [6.07, 6.45) is 1.56. The average molecular weight is 331 g/mol. The van der Waals surface area contributed by atoms with Gasteiger partial charge in [-0.1, -0.05) is 12.1 Å². The summed E-state index contributed by atoms with van der Waals surface area (Å²) in [6.45, 7) is 4.04. The van der Waals surface area contributed by atoms with Crippen molar-refractivity contribution in [1.82, 2.24) is 10.2 Å². The van der Waals surface area contributed by atoms with Gasteiger partial charge in [0.1, 0.15) is 5.76 Å². The third-order valence-electron chi connectivity index (χ3n) is 4.18. The van der Waals surface area contributed by atoms with Gasteiger partial charge in [0.25, 0.3) is 5.69 Å². The Kier molecular flexibility index (Phi) is 5.70. The maximum atomic E-state index is 12.3. The van der Waals surface area contributed by atoms with E-state index in [-0.39, 0.29) is 17.6 Å². The topological polar surface area (TPSA) is 88.6 Å². The van der Waals surface area contributed by atoms with Crippen LogP contribution in [-0.4, -0.2) is 28.8 Å². The molecule has 0 saturated heterocycles. The summed E-state index contributed by atoms with van der Waals surface area (Å²) in [7, 11) is 1.82. The van der Waals surface area contributed by atoms with E-state index in [1.165, 1.54) is 12.1 Å². The number of nitro groups is 1. The van der Waals surface area contributed by atoms with E-state index in [1.807, 2.05) is 24.9 Å². The summed E-state index contributed by atoms with van der Waals surface area (Å²) >= 11 is 0. The van der Waals surface area contributed by atoms with Crippen LogP contribution in [-0.2, 0) is 11.3 Å². The number of nitrogens with zero attached hydrogens (tertiary/aromatic N) is 2. The minimum absolute atomic E-state index is 0.0441. The molecule has 1 heterocycles. The average Bonchev–Trinajstić information content (AvgIpc) is 3.11. The molecule has 2 rings (SSSR count). The highest BCUT2D eigenvalue weighted by atomic mass is 16.6. The fraction of sp³-hybridized carbons (Fsp3) is 0.353. The van der Waals surface area contributed by atoms with Crippen LogP contribution in [0.5, 0.6) is 0 Å². The Morgan fingerprint density at radius 2 is 2.08 bits per heavy atom. The maximum Gasteiger partial charge on any atom is 0.269 e. The van der Waals surface area contributed by atoms with Gasteiger partial charge in [0.2, 0.25) is 5.91 Å². The lowest BCUT2D eigenvalue weighted by Gasteiger charge is -2.30. The molecule has 0 aliphatic rings. The molecule has 0 spiro atoms. The number of non-ortho nitro benzene ring substituents is 1. The first kappa shape index (κ1) is 17.7. The summed E-state index contributed by atoms with van der Waals surface area (Å²) in [5.41, 5.74) is 0.833. The molecule has 1 N–H and O–H groups in total. The Hall–Kier alpha value is -2.67. The minimum Gasteiger partial charge on any atom is -0.467 e. The maximum absolute atomic E-state index is 12.3. The monoisotopic (exact) mass is 331 g/mol. The van der Waals surface area contributed by atoms with Gasteiger partial charge in [0.05, 0.1) is 23.8 Å². The first-order valence-corrected chi connectivity index (χ1v) is 7.66. The number of likely N-dealkylation sites (N-methyl/N-ethyl adjacent to an activating group) is 1. The minimum atomic E-state index is -0.421. The summed E-state index contributed by atoms with van der Waals surface area (Å²) in [4.78, 5) is 24.6. The van der Waals surface area contributed by atoms with Crippen molar-refractivity contribution < 1.29 is 14.1 Å². The van der Waals surface area contributed by atoms with Crippen molar-refractivity contribution in [3.63, 3.8) is 0 Å². The molecule has 0 unspecified atom stereocenters. The Balaban J connectivity index is 2.00. The van der Waals surface area contributed by atoms with Crippen LogP contribution in [0, 0.1) is 10.1 Å². The fourth-order valence-electron chi connectivity index (χ4n) is 2.39. The zero-order valence-electron chi connectivity index (χ0n) is 13.9. The van der Waals surface area contributed by atoms with E-state index in [2.05, 4.69) is 5.32 Å². The number of furan rings is 1. The molecular formula is C17H21N3O4. The largest absolute Gasteiger partial charge is 0.467 e. The number of nitrogens with one attached hydrogen (secondary N) is 1. The molecule has 7 heteroatoms. The van der Waals surface area contributed by atoms with E-state index in [0.717, 1.165) is 5.56 Å². The van der Waals surface area contributed by atoms with Crippen molar-refractivity contribution >= 4 is 11.6 Å². The standard InChI is InChI=1S/C17H21N3O4/c1-12(14-6-4-7-15(10-14)20(22)23)19(3)13(2)17(21)18-11-16-8-5-9-24-16/h4-10,12-13H,11H2,1-3H3,(H,18,21)/t12-,13+/m0/s1. The number of hydrogen-bond acceptors (Lipinski definition) is 5. The van der Waals surface area contributed by atoms with E-state index >= 15 is 0 Å². The van der Waals surface area contributed by atoms with Crippen molar-refractivity contribution in [2.24, 2.45) is 0 Å². The zero-order valence-corrected chi connectivity index (χ0v) is 13.9. The third-order valence-corrected chi connectivity index (χ3v) is 4.18. The van der Waals surface area contributed by atoms with Gasteiger partial charge in [-0.25, -0.2) is 0 Å². The van der Waals surface area contributed by atoms with E-state index in [4.69, 9.17) is 4.42 Å². The highest BCUT2D eigenvalue weighted by Gasteiger charge is 2.24. The van der Waals surface area contributed by atoms with Gasteiger partial charge in [-0.2, -0.15) is 0 Å². The van der Waals surface area contributed by atoms with Crippen LogP contribution >= 0.6 is 0 Å². The van der Waals surface area contributed by atoms with Crippen LogP contribution in [0.2, 0.25) is 0 Å². The Labute approximate surface area is 140 Å². The van der Waals surface area contributed by atoms with Gasteiger partial charge in [-0.05, 0) is 38.6 Å². The van der Waals surface area contributed by atoms with Crippen molar-refractivity contribution in [3.8, 4) is 0 Å². The molecule has 0 bridgehead atoms. The lowest BCUT2D eigenvalue weighted by Crippen LogP contribution is -2.43. The molecule has 7 nitrogen and oxygen atoms in total. The highest BCUT2D eigenvalue weighted by Crippen LogP contribution is 2.24. The molecule has 0 aliphatic heterocycles. The summed E-state index contributed by atoms with van der Waals surface area (Å²) in [6, 6.07) is 9.48. The van der Waals surface area contributed by atoms with Crippen LogP contribution in [0.3, 0.4) is 0 Å². The predicted octanol–water partition coefficient (Wildman–Crippen LogP) is 2.89. The van der Waals surface area contributed by atoms with Gasteiger partial charge < -0.3 is 9.73 Å². The Morgan fingerprint density at radius 3 is 2.71 bits per heavy atom. The van der Waals surface area contributed by atoms with Gasteiger partial charge in [-0.15, -0.1) is 0 Å². The number of nitro benzene ring substituents is 1. The number of benzene rings is 1. The molecule has 1 amide bonds. The number of carbonyl (C=O) groups excluding carboxylic acids is 1. The first-order valence-electron chi connectivity index (χ1n) is 7.66. The van der Waals surface area contributed by atoms with Gasteiger partial charge in [0.15, 0.2) is 0 Å². The number of carbonyl (C=O) groups is 1. The molecule has 128 valence electrons. The number of hydrogen-bond donors (Lipinski definition) is 1. The number of rotatable bonds is 7. The summed E-state index contributed by atoms with van der Waals surface area (Å²) < 4.78 is 5.18. The second-order valence-electron chi connectivity index (χ2n) is 5.67. The molecule has 2 atom stereocenters. The lowest BCUT2D eigenvalue weighted by molar-refractivity contribution is -0.384. The molecular weight excluding hydrogens is 310 g/mol. The van der Waals surface area contributed by atoms with Gasteiger partial charge >= 0.3 is 0 Å². The van der Waals surface area contributed by atoms with E-state index in [0.29, 0.717) is 12.3 Å². The summed E-state index contributed by atoms with van der Waals surface area (Å²) in [5.74, 6) is 0.552. The zero-order chi connectivity index (χ0) is 17.7. The second kappa shape index (κ2) is 7.74. The van der Waals surface area contributed by atoms with E-state index in [1.54, 1.807) is 31.4 Å². The van der Waals surface area contributed by atoms with Crippen LogP contribution in [0.25, 0.3) is 0 Å². The molecule has 0 aliphatic carbocycles. The molecule has 24 heavy (non-hydrogen) atoms. The summed E-state index contributed by atoms with van der Waals surface area (Å²) in [5, 5.41) is 13.7. The Morgan fingerprint density at radius 1 is 1.33 bits per heavy atom. The molecule has 2 aromatic rings. The SMILES string of the molecule is C[C@H](C(=O)NCc1ccco1)N(C)[C@@H](C)c1cccc([N+](=O)[O-])c1. The van der Waals surface area contributed by atoms with Crippen LogP contribution in [0.1, 0.15) is 31.2 Å². The predicted molar refractivity (Wildman–Crippen MR) is 89.3 cm³/mol. The van der Waals surface area contributed by atoms with Gasteiger partial charge in [-0.3, -0.25) is 19.8 Å². The van der Waals surface area contributed by atoms with Crippen LogP contribution in [0.15, 0.2) is 47.1 Å². The van der Waals surface area contributed by atoms with Crippen molar-refractivity contribution in [2.45, 2.75) is 32.5 Å².